The zero-order valence-electron chi connectivity index (χ0n) is 19.9. The quantitative estimate of drug-likeness (QED) is 0.461. The minimum Gasteiger partial charge on any atom is -0.507 e. The predicted molar refractivity (Wildman–Crippen MR) is 139 cm³/mol. The minimum atomic E-state index is -0.336. The van der Waals surface area contributed by atoms with Gasteiger partial charge >= 0.3 is 0 Å². The van der Waals surface area contributed by atoms with E-state index in [1.165, 1.54) is 0 Å². The summed E-state index contributed by atoms with van der Waals surface area (Å²) in [5.41, 5.74) is 3.08. The molecule has 1 atom stereocenters. The average Bonchev–Trinajstić information content (AvgIpc) is 2.91. The van der Waals surface area contributed by atoms with Gasteiger partial charge in [0, 0.05) is 38.1 Å². The number of pyridine rings is 2. The molecule has 2 aromatic heterocycles. The van der Waals surface area contributed by atoms with Crippen LogP contribution < -0.4 is 10.5 Å². The Bertz CT molecular complexity index is 1320. The van der Waals surface area contributed by atoms with E-state index in [4.69, 9.17) is 0 Å². The average molecular weight is 467 g/mol. The third-order valence-electron chi connectivity index (χ3n) is 6.75. The fourth-order valence-electron chi connectivity index (χ4n) is 4.93. The maximum absolute atomic E-state index is 13.9. The molecular formula is C29H30N4O2. The lowest BCUT2D eigenvalue weighted by Gasteiger charge is -2.40. The highest BCUT2D eigenvalue weighted by Crippen LogP contribution is 2.33. The lowest BCUT2D eigenvalue weighted by Crippen LogP contribution is -2.49. The summed E-state index contributed by atoms with van der Waals surface area (Å²) in [7, 11) is 0. The zero-order chi connectivity index (χ0) is 24.2. The number of aryl methyl sites for hydroxylation is 1. The molecule has 1 saturated heterocycles. The van der Waals surface area contributed by atoms with Crippen molar-refractivity contribution < 1.29 is 5.11 Å². The molecule has 5 rings (SSSR count). The van der Waals surface area contributed by atoms with Gasteiger partial charge < -0.3 is 14.6 Å². The Hall–Kier alpha value is -3.90. The van der Waals surface area contributed by atoms with Crippen LogP contribution in [0.3, 0.4) is 0 Å². The van der Waals surface area contributed by atoms with Crippen molar-refractivity contribution >= 4 is 5.82 Å². The molecule has 1 aliphatic rings. The highest BCUT2D eigenvalue weighted by Gasteiger charge is 2.31. The molecule has 35 heavy (non-hydrogen) atoms. The van der Waals surface area contributed by atoms with Crippen molar-refractivity contribution in [3.63, 3.8) is 0 Å². The van der Waals surface area contributed by atoms with Gasteiger partial charge in [-0.1, -0.05) is 66.7 Å². The Morgan fingerprint density at radius 2 is 1.54 bits per heavy atom. The van der Waals surface area contributed by atoms with E-state index in [-0.39, 0.29) is 17.4 Å². The molecule has 3 heterocycles. The topological polar surface area (TPSA) is 61.6 Å². The second-order valence-corrected chi connectivity index (χ2v) is 8.99. The van der Waals surface area contributed by atoms with Crippen LogP contribution in [0.25, 0.3) is 0 Å². The van der Waals surface area contributed by atoms with Crippen molar-refractivity contribution in [3.05, 3.63) is 124 Å². The van der Waals surface area contributed by atoms with Gasteiger partial charge in [-0.25, -0.2) is 4.98 Å². The second kappa shape index (κ2) is 10.2. The van der Waals surface area contributed by atoms with Crippen molar-refractivity contribution in [1.29, 1.82) is 0 Å². The van der Waals surface area contributed by atoms with Crippen LogP contribution in [-0.4, -0.2) is 45.7 Å². The molecule has 0 radical (unpaired) electrons. The van der Waals surface area contributed by atoms with Crippen LogP contribution in [0.1, 0.15) is 28.4 Å². The van der Waals surface area contributed by atoms with Crippen LogP contribution in [-0.2, 0) is 6.54 Å². The van der Waals surface area contributed by atoms with Gasteiger partial charge in [0.2, 0.25) is 0 Å². The molecule has 0 amide bonds. The van der Waals surface area contributed by atoms with Gasteiger partial charge in [-0.3, -0.25) is 9.69 Å². The summed E-state index contributed by atoms with van der Waals surface area (Å²) in [6.07, 6.45) is 1.81. The van der Waals surface area contributed by atoms with E-state index in [0.717, 1.165) is 48.8 Å². The highest BCUT2D eigenvalue weighted by molar-refractivity contribution is 5.43. The fourth-order valence-corrected chi connectivity index (χ4v) is 4.93. The Morgan fingerprint density at radius 3 is 2.20 bits per heavy atom. The largest absolute Gasteiger partial charge is 0.507 e. The molecule has 1 unspecified atom stereocenters. The molecule has 178 valence electrons. The van der Waals surface area contributed by atoms with E-state index < -0.39 is 0 Å². The minimum absolute atomic E-state index is 0.0535. The Balaban J connectivity index is 1.52. The third-order valence-corrected chi connectivity index (χ3v) is 6.75. The van der Waals surface area contributed by atoms with Gasteiger partial charge in [-0.2, -0.15) is 0 Å². The first kappa shape index (κ1) is 22.9. The molecule has 1 fully saturated rings. The summed E-state index contributed by atoms with van der Waals surface area (Å²) in [5, 5.41) is 11.1. The van der Waals surface area contributed by atoms with Crippen LogP contribution in [0.15, 0.2) is 95.9 Å². The number of aromatic hydroxyl groups is 1. The molecular weight excluding hydrogens is 436 g/mol. The van der Waals surface area contributed by atoms with Gasteiger partial charge in [0.25, 0.3) is 5.56 Å². The number of hydrogen-bond donors (Lipinski definition) is 1. The number of hydrogen-bond acceptors (Lipinski definition) is 5. The molecule has 2 aromatic carbocycles. The van der Waals surface area contributed by atoms with Crippen LogP contribution in [0.5, 0.6) is 5.75 Å². The molecule has 1 N–H and O–H groups in total. The van der Waals surface area contributed by atoms with E-state index >= 15 is 0 Å². The lowest BCUT2D eigenvalue weighted by atomic mass is 9.96. The highest BCUT2D eigenvalue weighted by atomic mass is 16.3. The van der Waals surface area contributed by atoms with Gasteiger partial charge in [0.15, 0.2) is 0 Å². The van der Waals surface area contributed by atoms with Gasteiger partial charge in [0.1, 0.15) is 11.6 Å². The Kier molecular flexibility index (Phi) is 6.64. The number of anilines is 1. The maximum Gasteiger partial charge on any atom is 0.259 e. The summed E-state index contributed by atoms with van der Waals surface area (Å²) in [6.45, 7) is 5.43. The normalized spacial score (nSPS) is 15.2. The van der Waals surface area contributed by atoms with Crippen molar-refractivity contribution in [3.8, 4) is 5.75 Å². The lowest BCUT2D eigenvalue weighted by molar-refractivity contribution is 0.207. The number of benzene rings is 2. The van der Waals surface area contributed by atoms with Gasteiger partial charge in [0.05, 0.1) is 18.2 Å². The molecule has 0 aliphatic carbocycles. The third kappa shape index (κ3) is 4.84. The Labute approximate surface area is 205 Å². The monoisotopic (exact) mass is 466 g/mol. The van der Waals surface area contributed by atoms with E-state index in [9.17, 15) is 9.90 Å². The van der Waals surface area contributed by atoms with E-state index in [2.05, 4.69) is 14.8 Å². The number of aromatic nitrogens is 2. The summed E-state index contributed by atoms with van der Waals surface area (Å²) in [4.78, 5) is 23.0. The summed E-state index contributed by atoms with van der Waals surface area (Å²) < 4.78 is 1.77. The summed E-state index contributed by atoms with van der Waals surface area (Å²) in [6, 6.07) is 27.3. The molecule has 6 nitrogen and oxygen atoms in total. The second-order valence-electron chi connectivity index (χ2n) is 8.99. The molecule has 0 saturated carbocycles. The number of rotatable bonds is 6. The first-order chi connectivity index (χ1) is 17.1. The molecule has 4 aromatic rings. The van der Waals surface area contributed by atoms with Crippen molar-refractivity contribution in [2.75, 3.05) is 31.1 Å². The molecule has 6 heteroatoms. The smallest absolute Gasteiger partial charge is 0.259 e. The maximum atomic E-state index is 13.9. The SMILES string of the molecule is Cc1cc(O)c(C(c2ccccc2)N2CCN(c3ccccn3)CC2)c(=O)n1Cc1ccccc1. The van der Waals surface area contributed by atoms with Crippen molar-refractivity contribution in [1.82, 2.24) is 14.5 Å². The van der Waals surface area contributed by atoms with E-state index in [0.29, 0.717) is 12.1 Å². The standard InChI is InChI=1S/C29H30N4O2/c1-22-20-25(34)27(29(35)33(22)21-23-10-4-2-5-11-23)28(24-12-6-3-7-13-24)32-18-16-31(17-19-32)26-14-8-9-15-30-26/h2-15,20,28,34H,16-19,21H2,1H3. The van der Waals surface area contributed by atoms with Gasteiger partial charge in [-0.15, -0.1) is 0 Å². The summed E-state index contributed by atoms with van der Waals surface area (Å²) in [5.74, 6) is 1.02. The molecule has 0 bridgehead atoms. The number of nitrogens with zero attached hydrogens (tertiary/aromatic N) is 4. The van der Waals surface area contributed by atoms with E-state index in [1.54, 1.807) is 10.6 Å². The number of piperazine rings is 1. The summed E-state index contributed by atoms with van der Waals surface area (Å²) >= 11 is 0. The van der Waals surface area contributed by atoms with Crippen LogP contribution in [0.4, 0.5) is 5.82 Å². The predicted octanol–water partition coefficient (Wildman–Crippen LogP) is 4.22. The zero-order valence-corrected chi connectivity index (χ0v) is 19.9. The first-order valence-corrected chi connectivity index (χ1v) is 12.0. The molecule has 1 aliphatic heterocycles. The van der Waals surface area contributed by atoms with Crippen molar-refractivity contribution in [2.24, 2.45) is 0 Å². The fraction of sp³-hybridized carbons (Fsp3) is 0.241. The van der Waals surface area contributed by atoms with Crippen LogP contribution in [0, 0.1) is 6.92 Å². The van der Waals surface area contributed by atoms with Crippen molar-refractivity contribution in [2.45, 2.75) is 19.5 Å². The van der Waals surface area contributed by atoms with Crippen LogP contribution >= 0.6 is 0 Å². The van der Waals surface area contributed by atoms with Gasteiger partial charge in [-0.05, 0) is 36.2 Å². The van der Waals surface area contributed by atoms with E-state index in [1.807, 2.05) is 92.0 Å². The van der Waals surface area contributed by atoms with Crippen LogP contribution in [0.2, 0.25) is 0 Å². The first-order valence-electron chi connectivity index (χ1n) is 12.0. The Morgan fingerprint density at radius 1 is 0.886 bits per heavy atom. The molecule has 0 spiro atoms.